The Balaban J connectivity index is 2.31. The van der Waals surface area contributed by atoms with E-state index in [2.05, 4.69) is 24.3 Å². The lowest BCUT2D eigenvalue weighted by molar-refractivity contribution is -0.122. The number of hydrogen-bond donors (Lipinski definition) is 2. The van der Waals surface area contributed by atoms with Crippen LogP contribution < -0.4 is 15.8 Å². The highest BCUT2D eigenvalue weighted by Crippen LogP contribution is 2.12. The van der Waals surface area contributed by atoms with Crippen molar-refractivity contribution in [2.45, 2.75) is 38.8 Å². The number of rotatable bonds is 10. The number of nitrogens with one attached hydrogen (secondary N) is 1. The van der Waals surface area contributed by atoms with E-state index in [1.54, 1.807) is 0 Å². The van der Waals surface area contributed by atoms with Gasteiger partial charge in [0.1, 0.15) is 5.75 Å². The maximum absolute atomic E-state index is 11.7. The molecular weight excluding hydrogens is 278 g/mol. The summed E-state index contributed by atoms with van der Waals surface area (Å²) in [6.45, 7) is 4.24. The van der Waals surface area contributed by atoms with Gasteiger partial charge in [0.25, 0.3) is 0 Å². The van der Waals surface area contributed by atoms with Gasteiger partial charge in [-0.05, 0) is 44.6 Å². The minimum Gasteiger partial charge on any atom is -0.494 e. The first-order valence-corrected chi connectivity index (χ1v) is 7.92. The summed E-state index contributed by atoms with van der Waals surface area (Å²) in [6, 6.07) is 7.38. The lowest BCUT2D eigenvalue weighted by Crippen LogP contribution is -2.40. The van der Waals surface area contributed by atoms with Gasteiger partial charge in [-0.25, -0.2) is 0 Å². The van der Waals surface area contributed by atoms with E-state index in [0.717, 1.165) is 30.7 Å². The number of amides is 1. The Hall–Kier alpha value is -1.59. The van der Waals surface area contributed by atoms with Crippen molar-refractivity contribution in [3.63, 3.8) is 0 Å². The molecule has 0 aliphatic carbocycles. The van der Waals surface area contributed by atoms with Gasteiger partial charge in [-0.2, -0.15) is 0 Å². The molecule has 1 atom stereocenters. The standard InChI is InChI=1S/C17H29N3O2/c1-4-6-16(18)17(21)19-13-14-7-9-15(10-8-14)22-12-5-11-20(2)3/h7-10,16H,4-6,11-13,18H2,1-3H3,(H,19,21). The SMILES string of the molecule is CCCC(N)C(=O)NCc1ccc(OCCCN(C)C)cc1. The summed E-state index contributed by atoms with van der Waals surface area (Å²) in [5.74, 6) is 0.766. The molecule has 22 heavy (non-hydrogen) atoms. The fourth-order valence-electron chi connectivity index (χ4n) is 2.04. The number of carbonyl (C=O) groups is 1. The Kier molecular flexibility index (Phi) is 8.55. The van der Waals surface area contributed by atoms with Crippen molar-refractivity contribution < 1.29 is 9.53 Å². The Morgan fingerprint density at radius 1 is 1.32 bits per heavy atom. The molecule has 1 unspecified atom stereocenters. The molecule has 3 N–H and O–H groups in total. The summed E-state index contributed by atoms with van der Waals surface area (Å²) in [5.41, 5.74) is 6.81. The molecule has 0 saturated heterocycles. The maximum Gasteiger partial charge on any atom is 0.237 e. The molecule has 0 fully saturated rings. The summed E-state index contributed by atoms with van der Waals surface area (Å²) in [6.07, 6.45) is 2.63. The van der Waals surface area contributed by atoms with Crippen LogP contribution in [0.2, 0.25) is 0 Å². The van der Waals surface area contributed by atoms with Crippen molar-refractivity contribution in [2.24, 2.45) is 5.73 Å². The van der Waals surface area contributed by atoms with Crippen molar-refractivity contribution in [2.75, 3.05) is 27.2 Å². The zero-order valence-electron chi connectivity index (χ0n) is 14.0. The molecule has 124 valence electrons. The molecule has 0 heterocycles. The van der Waals surface area contributed by atoms with E-state index in [1.165, 1.54) is 0 Å². The largest absolute Gasteiger partial charge is 0.494 e. The number of nitrogens with two attached hydrogens (primary N) is 1. The zero-order valence-corrected chi connectivity index (χ0v) is 14.0. The lowest BCUT2D eigenvalue weighted by atomic mass is 10.1. The third-order valence-electron chi connectivity index (χ3n) is 3.34. The molecule has 1 rings (SSSR count). The highest BCUT2D eigenvalue weighted by molar-refractivity contribution is 5.81. The van der Waals surface area contributed by atoms with E-state index in [4.69, 9.17) is 10.5 Å². The molecular formula is C17H29N3O2. The van der Waals surface area contributed by atoms with Crippen LogP contribution in [0.4, 0.5) is 0 Å². The van der Waals surface area contributed by atoms with E-state index in [0.29, 0.717) is 19.6 Å². The normalized spacial score (nSPS) is 12.2. The highest BCUT2D eigenvalue weighted by Gasteiger charge is 2.11. The van der Waals surface area contributed by atoms with Crippen LogP contribution in [0.1, 0.15) is 31.7 Å². The van der Waals surface area contributed by atoms with Crippen LogP contribution in [0, 0.1) is 0 Å². The molecule has 0 bridgehead atoms. The van der Waals surface area contributed by atoms with Gasteiger partial charge < -0.3 is 20.7 Å². The number of ether oxygens (including phenoxy) is 1. The molecule has 0 aliphatic heterocycles. The highest BCUT2D eigenvalue weighted by atomic mass is 16.5. The summed E-state index contributed by atoms with van der Waals surface area (Å²) < 4.78 is 5.67. The quantitative estimate of drug-likeness (QED) is 0.646. The lowest BCUT2D eigenvalue weighted by Gasteiger charge is -2.12. The first-order valence-electron chi connectivity index (χ1n) is 7.92. The second-order valence-electron chi connectivity index (χ2n) is 5.76. The third kappa shape index (κ3) is 7.43. The topological polar surface area (TPSA) is 67.6 Å². The summed E-state index contributed by atoms with van der Waals surface area (Å²) in [5, 5.41) is 2.86. The monoisotopic (exact) mass is 307 g/mol. The van der Waals surface area contributed by atoms with Crippen LogP contribution in [0.5, 0.6) is 5.75 Å². The van der Waals surface area contributed by atoms with E-state index >= 15 is 0 Å². The molecule has 5 nitrogen and oxygen atoms in total. The van der Waals surface area contributed by atoms with Gasteiger partial charge in [-0.15, -0.1) is 0 Å². The smallest absolute Gasteiger partial charge is 0.237 e. The van der Waals surface area contributed by atoms with Gasteiger partial charge in [0, 0.05) is 13.1 Å². The number of hydrogen-bond acceptors (Lipinski definition) is 4. The van der Waals surface area contributed by atoms with Crippen LogP contribution >= 0.6 is 0 Å². The van der Waals surface area contributed by atoms with Gasteiger partial charge in [0.15, 0.2) is 0 Å². The first-order chi connectivity index (χ1) is 10.5. The molecule has 1 amide bonds. The molecule has 0 aromatic heterocycles. The van der Waals surface area contributed by atoms with E-state index in [-0.39, 0.29) is 5.91 Å². The second kappa shape index (κ2) is 10.2. The number of benzene rings is 1. The third-order valence-corrected chi connectivity index (χ3v) is 3.34. The average molecular weight is 307 g/mol. The minimum absolute atomic E-state index is 0.0918. The molecule has 5 heteroatoms. The predicted molar refractivity (Wildman–Crippen MR) is 89.8 cm³/mol. The molecule has 0 saturated carbocycles. The van der Waals surface area contributed by atoms with Crippen LogP contribution in [0.3, 0.4) is 0 Å². The molecule has 1 aromatic carbocycles. The zero-order chi connectivity index (χ0) is 16.4. The Bertz CT molecular complexity index is 432. The van der Waals surface area contributed by atoms with Gasteiger partial charge >= 0.3 is 0 Å². The molecule has 1 aromatic rings. The van der Waals surface area contributed by atoms with Crippen LogP contribution in [-0.2, 0) is 11.3 Å². The van der Waals surface area contributed by atoms with Crippen LogP contribution in [0.15, 0.2) is 24.3 Å². The van der Waals surface area contributed by atoms with E-state index in [1.807, 2.05) is 31.2 Å². The number of nitrogens with zero attached hydrogens (tertiary/aromatic N) is 1. The molecule has 0 radical (unpaired) electrons. The average Bonchev–Trinajstić information content (AvgIpc) is 2.50. The van der Waals surface area contributed by atoms with Crippen molar-refractivity contribution in [1.29, 1.82) is 0 Å². The van der Waals surface area contributed by atoms with Gasteiger partial charge in [-0.1, -0.05) is 25.5 Å². The number of carbonyl (C=O) groups excluding carboxylic acids is 1. The second-order valence-corrected chi connectivity index (χ2v) is 5.76. The van der Waals surface area contributed by atoms with Crippen LogP contribution in [0.25, 0.3) is 0 Å². The summed E-state index contributed by atoms with van der Waals surface area (Å²) in [4.78, 5) is 13.9. The summed E-state index contributed by atoms with van der Waals surface area (Å²) in [7, 11) is 4.10. The Morgan fingerprint density at radius 2 is 2.00 bits per heavy atom. The first kappa shape index (κ1) is 18.5. The van der Waals surface area contributed by atoms with Crippen LogP contribution in [-0.4, -0.2) is 44.1 Å². The van der Waals surface area contributed by atoms with Crippen molar-refractivity contribution in [3.8, 4) is 5.75 Å². The molecule has 0 aliphatic rings. The fraction of sp³-hybridized carbons (Fsp3) is 0.588. The minimum atomic E-state index is -0.413. The van der Waals surface area contributed by atoms with Gasteiger partial charge in [-0.3, -0.25) is 4.79 Å². The molecule has 0 spiro atoms. The Labute approximate surface area is 133 Å². The van der Waals surface area contributed by atoms with Crippen molar-refractivity contribution in [3.05, 3.63) is 29.8 Å². The van der Waals surface area contributed by atoms with E-state index < -0.39 is 6.04 Å². The fourth-order valence-corrected chi connectivity index (χ4v) is 2.04. The summed E-state index contributed by atoms with van der Waals surface area (Å²) >= 11 is 0. The van der Waals surface area contributed by atoms with Crippen molar-refractivity contribution in [1.82, 2.24) is 10.2 Å². The van der Waals surface area contributed by atoms with E-state index in [9.17, 15) is 4.79 Å². The van der Waals surface area contributed by atoms with Crippen molar-refractivity contribution >= 4 is 5.91 Å². The van der Waals surface area contributed by atoms with Gasteiger partial charge in [0.2, 0.25) is 5.91 Å². The predicted octanol–water partition coefficient (Wildman–Crippen LogP) is 1.76. The Morgan fingerprint density at radius 3 is 2.59 bits per heavy atom. The van der Waals surface area contributed by atoms with Gasteiger partial charge in [0.05, 0.1) is 12.6 Å². The maximum atomic E-state index is 11.7.